The van der Waals surface area contributed by atoms with Gasteiger partial charge in [-0.1, -0.05) is 5.16 Å². The Morgan fingerprint density at radius 1 is 1.27 bits per heavy atom. The van der Waals surface area contributed by atoms with Gasteiger partial charge in [0.05, 0.1) is 5.75 Å². The summed E-state index contributed by atoms with van der Waals surface area (Å²) in [6.45, 7) is 3.78. The molecule has 0 amide bonds. The maximum Gasteiger partial charge on any atom is 0.321 e. The van der Waals surface area contributed by atoms with Crippen molar-refractivity contribution < 1.29 is 17.3 Å². The predicted octanol–water partition coefficient (Wildman–Crippen LogP) is 2.98. The molecule has 7 nitrogen and oxygen atoms in total. The van der Waals surface area contributed by atoms with E-state index in [1.807, 2.05) is 0 Å². The maximum absolute atomic E-state index is 14.0. The minimum atomic E-state index is -3.12. The molecular formula is C17H29FN4O3S. The lowest BCUT2D eigenvalue weighted by Gasteiger charge is -2.28. The van der Waals surface area contributed by atoms with E-state index in [-0.39, 0.29) is 17.7 Å². The second-order valence-electron chi connectivity index (χ2n) is 7.92. The van der Waals surface area contributed by atoms with Crippen molar-refractivity contribution in [3.8, 4) is 0 Å². The molecule has 0 aromatic carbocycles. The summed E-state index contributed by atoms with van der Waals surface area (Å²) < 4.78 is 45.0. The average molecular weight is 389 g/mol. The van der Waals surface area contributed by atoms with Crippen molar-refractivity contribution in [2.24, 2.45) is 5.92 Å². The minimum Gasteiger partial charge on any atom is -0.335 e. The van der Waals surface area contributed by atoms with Gasteiger partial charge in [0.1, 0.15) is 5.67 Å². The van der Waals surface area contributed by atoms with Crippen LogP contribution in [0.2, 0.25) is 0 Å². The van der Waals surface area contributed by atoms with Crippen molar-refractivity contribution in [1.29, 1.82) is 0 Å². The Bertz CT molecular complexity index is 699. The monoisotopic (exact) mass is 388 g/mol. The quantitative estimate of drug-likeness (QED) is 0.745. The second-order valence-corrected chi connectivity index (χ2v) is 10.0. The lowest BCUT2D eigenvalue weighted by atomic mass is 9.86. The lowest BCUT2D eigenvalue weighted by Crippen LogP contribution is -2.34. The molecule has 2 fully saturated rings. The van der Waals surface area contributed by atoms with Gasteiger partial charge in [0.25, 0.3) is 0 Å². The van der Waals surface area contributed by atoms with Crippen molar-refractivity contribution in [2.75, 3.05) is 17.6 Å². The van der Waals surface area contributed by atoms with E-state index in [9.17, 15) is 12.8 Å². The van der Waals surface area contributed by atoms with Gasteiger partial charge in [-0.15, -0.1) is 0 Å². The molecule has 2 saturated carbocycles. The summed E-state index contributed by atoms with van der Waals surface area (Å²) in [5.41, 5.74) is -1.13. The van der Waals surface area contributed by atoms with E-state index in [0.717, 1.165) is 32.1 Å². The molecule has 0 radical (unpaired) electrons. The fourth-order valence-corrected chi connectivity index (χ4v) is 4.60. The first-order chi connectivity index (χ1) is 12.3. The summed E-state index contributed by atoms with van der Waals surface area (Å²) in [5, 5.41) is 7.29. The Labute approximate surface area is 154 Å². The van der Waals surface area contributed by atoms with E-state index in [1.165, 1.54) is 0 Å². The molecule has 2 atom stereocenters. The number of hydrogen-bond acceptors (Lipinski definition) is 6. The summed E-state index contributed by atoms with van der Waals surface area (Å²) >= 11 is 0. The molecule has 9 heteroatoms. The van der Waals surface area contributed by atoms with Gasteiger partial charge in [-0.2, -0.15) is 4.98 Å². The third kappa shape index (κ3) is 5.16. The van der Waals surface area contributed by atoms with Gasteiger partial charge in [-0.05, 0) is 64.7 Å². The molecule has 1 aromatic rings. The molecular weight excluding hydrogens is 359 g/mol. The lowest BCUT2D eigenvalue weighted by molar-refractivity contribution is 0.196. The van der Waals surface area contributed by atoms with E-state index < -0.39 is 15.7 Å². The van der Waals surface area contributed by atoms with Gasteiger partial charge >= 0.3 is 6.01 Å². The molecule has 2 aliphatic carbocycles. The summed E-state index contributed by atoms with van der Waals surface area (Å²) in [7, 11) is -3.12. The Morgan fingerprint density at radius 3 is 2.62 bits per heavy atom. The van der Waals surface area contributed by atoms with Crippen LogP contribution in [0.1, 0.15) is 70.5 Å². The molecule has 2 unspecified atom stereocenters. The Kier molecular flexibility index (Phi) is 5.86. The van der Waals surface area contributed by atoms with E-state index in [4.69, 9.17) is 4.52 Å². The van der Waals surface area contributed by atoms with Crippen LogP contribution in [0.4, 0.5) is 10.4 Å². The number of nitrogens with one attached hydrogen (secondary N) is 2. The van der Waals surface area contributed by atoms with Gasteiger partial charge in [0, 0.05) is 18.5 Å². The van der Waals surface area contributed by atoms with Crippen LogP contribution in [0.15, 0.2) is 4.52 Å². The highest BCUT2D eigenvalue weighted by Crippen LogP contribution is 2.42. The number of sulfonamides is 1. The molecule has 0 saturated heterocycles. The standard InChI is InChI=1S/C17H29FN4O3S/c1-3-26(23,24)19-11-12-4-6-14(7-5-12)20-16-21-15(22-25-16)13-8-9-17(2,18)10-13/h12-14,19H,3-11H2,1-2H3,(H,20,21,22). The third-order valence-corrected chi connectivity index (χ3v) is 7.01. The average Bonchev–Trinajstić information content (AvgIpc) is 3.20. The maximum atomic E-state index is 14.0. The van der Waals surface area contributed by atoms with Crippen molar-refractivity contribution in [3.63, 3.8) is 0 Å². The molecule has 148 valence electrons. The van der Waals surface area contributed by atoms with E-state index >= 15 is 0 Å². The largest absolute Gasteiger partial charge is 0.335 e. The summed E-state index contributed by atoms with van der Waals surface area (Å²) in [6, 6.07) is 0.653. The van der Waals surface area contributed by atoms with Crippen LogP contribution in [0.3, 0.4) is 0 Å². The van der Waals surface area contributed by atoms with Gasteiger partial charge in [0.15, 0.2) is 5.82 Å². The van der Waals surface area contributed by atoms with E-state index in [0.29, 0.717) is 37.1 Å². The zero-order valence-corrected chi connectivity index (χ0v) is 16.3. The fourth-order valence-electron chi connectivity index (χ4n) is 3.91. The first-order valence-electron chi connectivity index (χ1n) is 9.53. The SMILES string of the molecule is CCS(=O)(=O)NCC1CCC(Nc2nc(C3CCC(C)(F)C3)no2)CC1. The summed E-state index contributed by atoms with van der Waals surface area (Å²) in [5.74, 6) is 1.11. The molecule has 26 heavy (non-hydrogen) atoms. The van der Waals surface area contributed by atoms with Crippen LogP contribution in [0, 0.1) is 5.92 Å². The minimum absolute atomic E-state index is 0.0339. The zero-order chi connectivity index (χ0) is 18.8. The van der Waals surface area contributed by atoms with Crippen molar-refractivity contribution in [2.45, 2.75) is 76.4 Å². The Morgan fingerprint density at radius 2 is 2.00 bits per heavy atom. The predicted molar refractivity (Wildman–Crippen MR) is 97.2 cm³/mol. The van der Waals surface area contributed by atoms with E-state index in [1.54, 1.807) is 13.8 Å². The van der Waals surface area contributed by atoms with Crippen LogP contribution in [-0.2, 0) is 10.0 Å². The molecule has 0 bridgehead atoms. The number of halogens is 1. The smallest absolute Gasteiger partial charge is 0.321 e. The number of rotatable bonds is 7. The van der Waals surface area contributed by atoms with Gasteiger partial charge in [-0.3, -0.25) is 0 Å². The molecule has 2 aliphatic rings. The third-order valence-electron chi connectivity index (χ3n) is 5.64. The molecule has 0 aliphatic heterocycles. The fraction of sp³-hybridized carbons (Fsp3) is 0.882. The number of alkyl halides is 1. The first-order valence-corrected chi connectivity index (χ1v) is 11.2. The van der Waals surface area contributed by atoms with Crippen molar-refractivity contribution in [1.82, 2.24) is 14.9 Å². The van der Waals surface area contributed by atoms with Crippen LogP contribution in [0.5, 0.6) is 0 Å². The zero-order valence-electron chi connectivity index (χ0n) is 15.5. The number of nitrogens with zero attached hydrogens (tertiary/aromatic N) is 2. The van der Waals surface area contributed by atoms with Gasteiger partial charge in [0.2, 0.25) is 10.0 Å². The van der Waals surface area contributed by atoms with Crippen LogP contribution < -0.4 is 10.0 Å². The second kappa shape index (κ2) is 7.80. The normalized spacial score (nSPS) is 32.7. The topological polar surface area (TPSA) is 97.1 Å². The van der Waals surface area contributed by atoms with Crippen LogP contribution >= 0.6 is 0 Å². The highest BCUT2D eigenvalue weighted by molar-refractivity contribution is 7.89. The van der Waals surface area contributed by atoms with Crippen molar-refractivity contribution >= 4 is 16.0 Å². The Hall–Kier alpha value is -1.22. The molecule has 0 spiro atoms. The van der Waals surface area contributed by atoms with E-state index in [2.05, 4.69) is 20.2 Å². The summed E-state index contributed by atoms with van der Waals surface area (Å²) in [6.07, 6.45) is 5.52. The molecule has 2 N–H and O–H groups in total. The Balaban J connectivity index is 1.44. The number of hydrogen-bond donors (Lipinski definition) is 2. The molecule has 1 aromatic heterocycles. The number of anilines is 1. The van der Waals surface area contributed by atoms with Gasteiger partial charge in [-0.25, -0.2) is 17.5 Å². The highest BCUT2D eigenvalue weighted by Gasteiger charge is 2.38. The van der Waals surface area contributed by atoms with Crippen LogP contribution in [0.25, 0.3) is 0 Å². The molecule has 1 heterocycles. The number of aromatic nitrogens is 2. The highest BCUT2D eigenvalue weighted by atomic mass is 32.2. The van der Waals surface area contributed by atoms with Crippen LogP contribution in [-0.4, -0.2) is 42.6 Å². The molecule has 3 rings (SSSR count). The van der Waals surface area contributed by atoms with Gasteiger partial charge < -0.3 is 9.84 Å². The van der Waals surface area contributed by atoms with Crippen molar-refractivity contribution in [3.05, 3.63) is 5.82 Å². The summed E-state index contributed by atoms with van der Waals surface area (Å²) in [4.78, 5) is 4.40. The first kappa shape index (κ1) is 19.5.